The van der Waals surface area contributed by atoms with Crippen molar-refractivity contribution in [2.75, 3.05) is 32.7 Å². The van der Waals surface area contributed by atoms with E-state index in [4.69, 9.17) is 0 Å². The number of rotatable bonds is 2. The van der Waals surface area contributed by atoms with Crippen LogP contribution in [-0.4, -0.2) is 73.4 Å². The summed E-state index contributed by atoms with van der Waals surface area (Å²) in [6.45, 7) is 6.14. The van der Waals surface area contributed by atoms with Crippen molar-refractivity contribution < 1.29 is 4.79 Å². The summed E-state index contributed by atoms with van der Waals surface area (Å²) in [6, 6.07) is 3.63. The summed E-state index contributed by atoms with van der Waals surface area (Å²) in [7, 11) is 0. The number of amidine groups is 1. The number of piperazine rings is 1. The van der Waals surface area contributed by atoms with Crippen LogP contribution in [0, 0.1) is 0 Å². The third kappa shape index (κ3) is 3.26. The molecule has 0 N–H and O–H groups in total. The quantitative estimate of drug-likeness (QED) is 0.816. The third-order valence-corrected chi connectivity index (χ3v) is 5.54. The van der Waals surface area contributed by atoms with Crippen molar-refractivity contribution >= 4 is 22.8 Å². The van der Waals surface area contributed by atoms with Gasteiger partial charge < -0.3 is 9.80 Å². The number of aliphatic imine (C=N–C) groups is 1. The lowest BCUT2D eigenvalue weighted by Crippen LogP contribution is -2.50. The molecule has 8 heteroatoms. The number of carbonyl (C=O) groups is 1. The summed E-state index contributed by atoms with van der Waals surface area (Å²) in [5.74, 6) is 0.641. The molecule has 0 spiro atoms. The summed E-state index contributed by atoms with van der Waals surface area (Å²) >= 11 is 1.83. The standard InChI is InChI=1S/C17H20N6OS/c1-13-11-20-17(25-13)22-9-7-21(8-10-22)16(24)14-3-2-4-19-15(14)23-6-5-18-12-23/h2-6,12-13H,7-11H2,1H3/t13-/m0/s1. The number of hydrogen-bond acceptors (Lipinski definition) is 6. The van der Waals surface area contributed by atoms with E-state index in [1.165, 1.54) is 0 Å². The van der Waals surface area contributed by atoms with E-state index in [9.17, 15) is 4.79 Å². The highest BCUT2D eigenvalue weighted by Crippen LogP contribution is 2.24. The van der Waals surface area contributed by atoms with Gasteiger partial charge in [-0.15, -0.1) is 0 Å². The normalized spacial score (nSPS) is 20.7. The fraction of sp³-hybridized carbons (Fsp3) is 0.412. The number of aromatic nitrogens is 3. The van der Waals surface area contributed by atoms with Crippen LogP contribution < -0.4 is 0 Å². The topological polar surface area (TPSA) is 66.6 Å². The Kier molecular flexibility index (Phi) is 4.44. The number of thioether (sulfide) groups is 1. The highest BCUT2D eigenvalue weighted by molar-refractivity contribution is 8.14. The molecule has 2 aliphatic rings. The smallest absolute Gasteiger partial charge is 0.257 e. The van der Waals surface area contributed by atoms with Crippen molar-refractivity contribution in [2.24, 2.45) is 4.99 Å². The van der Waals surface area contributed by atoms with Crippen molar-refractivity contribution in [1.82, 2.24) is 24.3 Å². The molecule has 0 aromatic carbocycles. The summed E-state index contributed by atoms with van der Waals surface area (Å²) < 4.78 is 1.77. The first-order chi connectivity index (χ1) is 12.2. The maximum Gasteiger partial charge on any atom is 0.257 e. The molecular formula is C17H20N6OS. The van der Waals surface area contributed by atoms with Crippen LogP contribution in [0.1, 0.15) is 17.3 Å². The second-order valence-corrected chi connectivity index (χ2v) is 7.58. The van der Waals surface area contributed by atoms with Gasteiger partial charge in [-0.2, -0.15) is 0 Å². The van der Waals surface area contributed by atoms with Gasteiger partial charge in [0.1, 0.15) is 6.33 Å². The van der Waals surface area contributed by atoms with Gasteiger partial charge >= 0.3 is 0 Å². The zero-order valence-corrected chi connectivity index (χ0v) is 14.9. The minimum Gasteiger partial charge on any atom is -0.348 e. The van der Waals surface area contributed by atoms with E-state index in [1.54, 1.807) is 35.6 Å². The van der Waals surface area contributed by atoms with E-state index in [1.807, 2.05) is 22.7 Å². The molecule has 0 bridgehead atoms. The molecule has 1 atom stereocenters. The maximum absolute atomic E-state index is 13.0. The molecule has 1 amide bonds. The predicted molar refractivity (Wildman–Crippen MR) is 98.2 cm³/mol. The van der Waals surface area contributed by atoms with E-state index >= 15 is 0 Å². The van der Waals surface area contributed by atoms with Crippen LogP contribution in [-0.2, 0) is 0 Å². The number of imidazole rings is 1. The van der Waals surface area contributed by atoms with Crippen LogP contribution in [0.15, 0.2) is 42.0 Å². The lowest BCUT2D eigenvalue weighted by Gasteiger charge is -2.35. The highest BCUT2D eigenvalue weighted by atomic mass is 32.2. The average molecular weight is 356 g/mol. The molecule has 2 aromatic heterocycles. The van der Waals surface area contributed by atoms with Crippen molar-refractivity contribution in [3.63, 3.8) is 0 Å². The van der Waals surface area contributed by atoms with Crippen LogP contribution in [0.3, 0.4) is 0 Å². The highest BCUT2D eigenvalue weighted by Gasteiger charge is 2.28. The first kappa shape index (κ1) is 16.1. The fourth-order valence-electron chi connectivity index (χ4n) is 3.06. The van der Waals surface area contributed by atoms with Gasteiger partial charge in [0.25, 0.3) is 5.91 Å². The fourth-order valence-corrected chi connectivity index (χ4v) is 4.05. The largest absolute Gasteiger partial charge is 0.348 e. The molecule has 1 saturated heterocycles. The van der Waals surface area contributed by atoms with Gasteiger partial charge in [-0.25, -0.2) is 9.97 Å². The molecule has 7 nitrogen and oxygen atoms in total. The summed E-state index contributed by atoms with van der Waals surface area (Å²) in [4.78, 5) is 30.2. The zero-order chi connectivity index (χ0) is 17.2. The van der Waals surface area contributed by atoms with Gasteiger partial charge in [0, 0.05) is 50.0 Å². The molecule has 2 aliphatic heterocycles. The van der Waals surface area contributed by atoms with E-state index in [0.717, 1.165) is 24.8 Å². The van der Waals surface area contributed by atoms with E-state index in [2.05, 4.69) is 26.8 Å². The van der Waals surface area contributed by atoms with Crippen molar-refractivity contribution in [1.29, 1.82) is 0 Å². The number of carbonyl (C=O) groups excluding carboxylic acids is 1. The van der Waals surface area contributed by atoms with Gasteiger partial charge in [-0.3, -0.25) is 14.4 Å². The van der Waals surface area contributed by atoms with Gasteiger partial charge in [0.05, 0.1) is 12.1 Å². The van der Waals surface area contributed by atoms with Gasteiger partial charge in [0.15, 0.2) is 11.0 Å². The Morgan fingerprint density at radius 2 is 2.08 bits per heavy atom. The molecular weight excluding hydrogens is 336 g/mol. The van der Waals surface area contributed by atoms with Crippen molar-refractivity contribution in [2.45, 2.75) is 12.2 Å². The summed E-state index contributed by atoms with van der Waals surface area (Å²) in [5, 5.41) is 1.68. The summed E-state index contributed by atoms with van der Waals surface area (Å²) in [5.41, 5.74) is 0.607. The van der Waals surface area contributed by atoms with Gasteiger partial charge in [0.2, 0.25) is 0 Å². The number of nitrogens with zero attached hydrogens (tertiary/aromatic N) is 6. The zero-order valence-electron chi connectivity index (χ0n) is 14.1. The first-order valence-corrected chi connectivity index (χ1v) is 9.29. The predicted octanol–water partition coefficient (Wildman–Crippen LogP) is 1.52. The van der Waals surface area contributed by atoms with E-state index in [0.29, 0.717) is 29.7 Å². The molecule has 0 unspecified atom stereocenters. The van der Waals surface area contributed by atoms with Gasteiger partial charge in [-0.05, 0) is 12.1 Å². The van der Waals surface area contributed by atoms with Crippen LogP contribution in [0.4, 0.5) is 0 Å². The molecule has 2 aromatic rings. The molecule has 0 saturated carbocycles. The second kappa shape index (κ2) is 6.87. The molecule has 4 rings (SSSR count). The average Bonchev–Trinajstić information content (AvgIpc) is 3.33. The molecule has 130 valence electrons. The molecule has 25 heavy (non-hydrogen) atoms. The Labute approximate surface area is 150 Å². The molecule has 4 heterocycles. The Hall–Kier alpha value is -2.35. The number of amides is 1. The monoisotopic (exact) mass is 356 g/mol. The van der Waals surface area contributed by atoms with Crippen LogP contribution >= 0.6 is 11.8 Å². The SMILES string of the molecule is C[C@H]1CN=C(N2CCN(C(=O)c3cccnc3-n3ccnc3)CC2)S1. The Morgan fingerprint density at radius 1 is 1.24 bits per heavy atom. The van der Waals surface area contributed by atoms with Crippen molar-refractivity contribution in [3.8, 4) is 5.82 Å². The lowest BCUT2D eigenvalue weighted by atomic mass is 10.2. The minimum atomic E-state index is 0.0193. The Balaban J connectivity index is 1.47. The minimum absolute atomic E-state index is 0.0193. The van der Waals surface area contributed by atoms with E-state index < -0.39 is 0 Å². The molecule has 0 radical (unpaired) electrons. The first-order valence-electron chi connectivity index (χ1n) is 8.41. The summed E-state index contributed by atoms with van der Waals surface area (Å²) in [6.07, 6.45) is 6.84. The van der Waals surface area contributed by atoms with Crippen LogP contribution in [0.2, 0.25) is 0 Å². The number of hydrogen-bond donors (Lipinski definition) is 0. The van der Waals surface area contributed by atoms with Gasteiger partial charge in [-0.1, -0.05) is 18.7 Å². The van der Waals surface area contributed by atoms with Crippen LogP contribution in [0.5, 0.6) is 0 Å². The third-order valence-electron chi connectivity index (χ3n) is 4.39. The van der Waals surface area contributed by atoms with E-state index in [-0.39, 0.29) is 5.91 Å². The second-order valence-electron chi connectivity index (χ2n) is 6.18. The maximum atomic E-state index is 13.0. The molecule has 0 aliphatic carbocycles. The van der Waals surface area contributed by atoms with Crippen molar-refractivity contribution in [3.05, 3.63) is 42.6 Å². The lowest BCUT2D eigenvalue weighted by molar-refractivity contribution is 0.0693. The number of pyridine rings is 1. The molecule has 1 fully saturated rings. The Morgan fingerprint density at radius 3 is 2.76 bits per heavy atom. The Bertz CT molecular complexity index is 782. The van der Waals surface area contributed by atoms with Crippen LogP contribution in [0.25, 0.3) is 5.82 Å².